The maximum atomic E-state index is 14.3. The first kappa shape index (κ1) is 33.5. The van der Waals surface area contributed by atoms with Gasteiger partial charge in [0, 0.05) is 24.2 Å². The number of nitrogens with one attached hydrogen (secondary N) is 1. The first-order valence-corrected chi connectivity index (χ1v) is 15.5. The van der Waals surface area contributed by atoms with Crippen LogP contribution in [0.3, 0.4) is 0 Å². The number of sulfonamides is 1. The van der Waals surface area contributed by atoms with Crippen LogP contribution in [0.25, 0.3) is 0 Å². The van der Waals surface area contributed by atoms with Crippen molar-refractivity contribution in [2.45, 2.75) is 44.7 Å². The van der Waals surface area contributed by atoms with Crippen LogP contribution in [0, 0.1) is 6.92 Å². The Hall–Kier alpha value is -3.96. The highest BCUT2D eigenvalue weighted by atomic mass is 35.5. The van der Waals surface area contributed by atoms with Gasteiger partial charge in [0.15, 0.2) is 11.5 Å². The quantitative estimate of drug-likeness (QED) is 0.271. The van der Waals surface area contributed by atoms with E-state index in [4.69, 9.17) is 25.8 Å². The van der Waals surface area contributed by atoms with Crippen molar-refractivity contribution in [3.63, 3.8) is 0 Å². The minimum absolute atomic E-state index is 0.0556. The summed E-state index contributed by atoms with van der Waals surface area (Å²) < 4.78 is 45.7. The molecule has 0 aliphatic rings. The Kier molecular flexibility index (Phi) is 11.7. The predicted octanol–water partition coefficient (Wildman–Crippen LogP) is 4.81. The lowest BCUT2D eigenvalue weighted by molar-refractivity contribution is -0.140. The summed E-state index contributed by atoms with van der Waals surface area (Å²) in [5.74, 6) is -0.214. The topological polar surface area (TPSA) is 114 Å². The van der Waals surface area contributed by atoms with Gasteiger partial charge in [-0.05, 0) is 61.7 Å². The molecule has 3 aromatic rings. The highest BCUT2D eigenvalue weighted by molar-refractivity contribution is 7.92. The molecule has 1 atom stereocenters. The van der Waals surface area contributed by atoms with E-state index in [0.717, 1.165) is 15.4 Å². The Morgan fingerprint density at radius 3 is 2.16 bits per heavy atom. The van der Waals surface area contributed by atoms with Gasteiger partial charge in [0.25, 0.3) is 10.0 Å². The number of benzene rings is 3. The molecule has 0 spiro atoms. The lowest BCUT2D eigenvalue weighted by Gasteiger charge is -2.33. The van der Waals surface area contributed by atoms with Gasteiger partial charge in [-0.3, -0.25) is 13.9 Å². The number of hydrogen-bond donors (Lipinski definition) is 1. The number of methoxy groups -OCH3 is 3. The van der Waals surface area contributed by atoms with Crippen LogP contribution in [0.5, 0.6) is 17.2 Å². The number of nitrogens with zero attached hydrogens (tertiary/aromatic N) is 2. The maximum Gasteiger partial charge on any atom is 0.265 e. The fourth-order valence-electron chi connectivity index (χ4n) is 4.66. The lowest BCUT2D eigenvalue weighted by Crippen LogP contribution is -2.52. The molecule has 232 valence electrons. The molecule has 10 nitrogen and oxygen atoms in total. The second-order valence-electron chi connectivity index (χ2n) is 9.61. The van der Waals surface area contributed by atoms with Gasteiger partial charge in [-0.1, -0.05) is 42.8 Å². The first-order valence-electron chi connectivity index (χ1n) is 13.7. The van der Waals surface area contributed by atoms with Gasteiger partial charge in [0.05, 0.1) is 31.9 Å². The van der Waals surface area contributed by atoms with Crippen LogP contribution in [-0.4, -0.2) is 65.6 Å². The van der Waals surface area contributed by atoms with Crippen molar-refractivity contribution in [3.8, 4) is 17.2 Å². The lowest BCUT2D eigenvalue weighted by atomic mass is 10.1. The van der Waals surface area contributed by atoms with E-state index < -0.39 is 28.5 Å². The number of hydrogen-bond acceptors (Lipinski definition) is 7. The Bertz CT molecular complexity index is 1550. The Morgan fingerprint density at radius 1 is 0.907 bits per heavy atom. The van der Waals surface area contributed by atoms with Gasteiger partial charge in [-0.2, -0.15) is 0 Å². The number of rotatable bonds is 14. The minimum Gasteiger partial charge on any atom is -0.495 e. The molecular weight excluding hydrogens is 594 g/mol. The average Bonchev–Trinajstić information content (AvgIpc) is 3.00. The number of carbonyl (C=O) groups is 2. The van der Waals surface area contributed by atoms with Gasteiger partial charge < -0.3 is 24.4 Å². The first-order chi connectivity index (χ1) is 20.5. The number of likely N-dealkylation sites (N-methyl/N-ethyl adjacent to an activating group) is 1. The molecule has 0 bridgehead atoms. The van der Waals surface area contributed by atoms with Gasteiger partial charge in [0.2, 0.25) is 11.8 Å². The fraction of sp³-hybridized carbons (Fsp3) is 0.355. The van der Waals surface area contributed by atoms with Crippen molar-refractivity contribution in [2.75, 3.05) is 38.7 Å². The highest BCUT2D eigenvalue weighted by Crippen LogP contribution is 2.37. The summed E-state index contributed by atoms with van der Waals surface area (Å²) in [5.41, 5.74) is 1.81. The van der Waals surface area contributed by atoms with Crippen LogP contribution < -0.4 is 23.8 Å². The Balaban J connectivity index is 2.19. The third kappa shape index (κ3) is 7.71. The summed E-state index contributed by atoms with van der Waals surface area (Å²) in [7, 11) is -0.197. The van der Waals surface area contributed by atoms with E-state index in [-0.39, 0.29) is 39.6 Å². The summed E-state index contributed by atoms with van der Waals surface area (Å²) in [4.78, 5) is 28.7. The molecule has 3 aromatic carbocycles. The number of anilines is 1. The van der Waals surface area contributed by atoms with Gasteiger partial charge in [-0.25, -0.2) is 8.42 Å². The predicted molar refractivity (Wildman–Crippen MR) is 167 cm³/mol. The van der Waals surface area contributed by atoms with Crippen molar-refractivity contribution in [1.29, 1.82) is 0 Å². The molecule has 0 radical (unpaired) electrons. The highest BCUT2D eigenvalue weighted by Gasteiger charge is 2.35. The maximum absolute atomic E-state index is 14.3. The number of amides is 2. The van der Waals surface area contributed by atoms with Gasteiger partial charge >= 0.3 is 0 Å². The average molecular weight is 632 g/mol. The van der Waals surface area contributed by atoms with E-state index in [2.05, 4.69) is 5.32 Å². The molecule has 0 unspecified atom stereocenters. The van der Waals surface area contributed by atoms with Crippen molar-refractivity contribution in [1.82, 2.24) is 10.2 Å². The zero-order valence-electron chi connectivity index (χ0n) is 25.2. The van der Waals surface area contributed by atoms with Crippen molar-refractivity contribution in [2.24, 2.45) is 0 Å². The number of halogens is 1. The van der Waals surface area contributed by atoms with Crippen molar-refractivity contribution < 1.29 is 32.2 Å². The molecule has 43 heavy (non-hydrogen) atoms. The summed E-state index contributed by atoms with van der Waals surface area (Å²) in [6, 6.07) is 15.3. The van der Waals surface area contributed by atoms with E-state index in [9.17, 15) is 18.0 Å². The molecule has 2 amide bonds. The normalized spacial score (nSPS) is 11.8. The Labute approximate surface area is 258 Å². The molecule has 0 heterocycles. The van der Waals surface area contributed by atoms with E-state index in [1.165, 1.54) is 56.6 Å². The summed E-state index contributed by atoms with van der Waals surface area (Å²) >= 11 is 6.31. The minimum atomic E-state index is -4.42. The SMILES string of the molecule is CCNC(=O)[C@H](CC)N(Cc1ccccc1C)C(=O)CN(c1cc(Cl)ccc1OC)S(=O)(=O)c1ccc(OC)c(OC)c1. The second kappa shape index (κ2) is 15.0. The van der Waals surface area contributed by atoms with Crippen LogP contribution in [0.15, 0.2) is 65.6 Å². The van der Waals surface area contributed by atoms with E-state index in [1.54, 1.807) is 19.9 Å². The van der Waals surface area contributed by atoms with Gasteiger partial charge in [0.1, 0.15) is 18.3 Å². The van der Waals surface area contributed by atoms with E-state index in [1.807, 2.05) is 31.2 Å². The number of ether oxygens (including phenoxy) is 3. The second-order valence-corrected chi connectivity index (χ2v) is 11.9. The van der Waals surface area contributed by atoms with Crippen molar-refractivity contribution in [3.05, 3.63) is 76.8 Å². The summed E-state index contributed by atoms with van der Waals surface area (Å²) in [5, 5.41) is 3.03. The van der Waals surface area contributed by atoms with Crippen LogP contribution in [0.1, 0.15) is 31.4 Å². The Morgan fingerprint density at radius 2 is 1.56 bits per heavy atom. The van der Waals surface area contributed by atoms with Gasteiger partial charge in [-0.15, -0.1) is 0 Å². The third-order valence-corrected chi connectivity index (χ3v) is 8.96. The van der Waals surface area contributed by atoms with Crippen LogP contribution in [0.2, 0.25) is 5.02 Å². The monoisotopic (exact) mass is 631 g/mol. The fourth-order valence-corrected chi connectivity index (χ4v) is 6.26. The summed E-state index contributed by atoms with van der Waals surface area (Å²) in [6.45, 7) is 5.33. The standard InChI is InChI=1S/C31H38ClN3O7S/c1-7-25(31(37)33-8-2)34(19-22-12-10-9-11-21(22)3)30(36)20-35(26-17-23(32)13-15-27(26)40-4)43(38,39)24-14-16-28(41-5)29(18-24)42-6/h9-18,25H,7-8,19-20H2,1-6H3,(H,33,37)/t25-/m0/s1. The zero-order chi connectivity index (χ0) is 31.7. The number of carbonyl (C=O) groups excluding carboxylic acids is 2. The molecular formula is C31H38ClN3O7S. The molecule has 0 saturated carbocycles. The van der Waals surface area contributed by atoms with E-state index in [0.29, 0.717) is 18.7 Å². The molecule has 3 rings (SSSR count). The molecule has 0 fully saturated rings. The van der Waals surface area contributed by atoms with Crippen molar-refractivity contribution >= 4 is 39.1 Å². The molecule has 12 heteroatoms. The third-order valence-electron chi connectivity index (χ3n) is 6.97. The molecule has 0 saturated heterocycles. The molecule has 1 N–H and O–H groups in total. The molecule has 0 aliphatic carbocycles. The largest absolute Gasteiger partial charge is 0.495 e. The zero-order valence-corrected chi connectivity index (χ0v) is 26.8. The van der Waals surface area contributed by atoms with E-state index >= 15 is 0 Å². The smallest absolute Gasteiger partial charge is 0.265 e. The summed E-state index contributed by atoms with van der Waals surface area (Å²) in [6.07, 6.45) is 0.312. The molecule has 0 aliphatic heterocycles. The van der Waals surface area contributed by atoms with Crippen LogP contribution in [0.4, 0.5) is 5.69 Å². The van der Waals surface area contributed by atoms with Crippen LogP contribution in [-0.2, 0) is 26.2 Å². The molecule has 0 aromatic heterocycles. The number of aryl methyl sites for hydroxylation is 1. The van der Waals surface area contributed by atoms with Crippen LogP contribution >= 0.6 is 11.6 Å².